The molecule has 1 radical (unpaired) electrons. The first-order chi connectivity index (χ1) is 23.9. The van der Waals surface area contributed by atoms with Crippen molar-refractivity contribution in [1.29, 1.82) is 0 Å². The maximum Gasteiger partial charge on any atom is 0.155 e. The first-order valence-corrected chi connectivity index (χ1v) is 19.9. The van der Waals surface area contributed by atoms with Crippen molar-refractivity contribution in [1.82, 2.24) is 19.5 Å². The molecule has 0 aliphatic carbocycles. The van der Waals surface area contributed by atoms with Gasteiger partial charge in [-0.3, -0.25) is 4.98 Å². The standard InChI is InChI=1S/C29H18N3O.C14H16NSi.Ir/c1-18-16-17-30-29-25(18)31-28(32(29)20-9-3-2-4-10-20)24-13-7-12-22-23-15-14-19-8-5-6-11-21(19)26(23)33-27(22)24;1-16(2,3)13-9-10-14(15-11-13)12-7-5-4-6-8-12;/h2-12,14-17H,1H3;4-7,9-11H,1-3H3;/q2*-1;. The Balaban J connectivity index is 0.000000196. The van der Waals surface area contributed by atoms with Crippen molar-refractivity contribution in [2.75, 3.05) is 0 Å². The van der Waals surface area contributed by atoms with Crippen LogP contribution in [-0.4, -0.2) is 27.6 Å². The molecule has 0 saturated carbocycles. The molecule has 0 bridgehead atoms. The number of benzene rings is 5. The maximum absolute atomic E-state index is 6.56. The fourth-order valence-electron chi connectivity index (χ4n) is 6.27. The summed E-state index contributed by atoms with van der Waals surface area (Å²) in [6.45, 7) is 9.06. The van der Waals surface area contributed by atoms with Gasteiger partial charge in [-0.25, -0.2) is 4.98 Å². The minimum Gasteiger partial charge on any atom is -0.500 e. The molecule has 50 heavy (non-hydrogen) atoms. The predicted octanol–water partition coefficient (Wildman–Crippen LogP) is 10.3. The van der Waals surface area contributed by atoms with Crippen molar-refractivity contribution in [2.45, 2.75) is 26.6 Å². The number of hydrogen-bond donors (Lipinski definition) is 0. The third-order valence-electron chi connectivity index (χ3n) is 8.92. The van der Waals surface area contributed by atoms with Crippen LogP contribution in [0, 0.1) is 19.1 Å². The van der Waals surface area contributed by atoms with Gasteiger partial charge >= 0.3 is 0 Å². The van der Waals surface area contributed by atoms with Gasteiger partial charge in [-0.2, -0.15) is 0 Å². The van der Waals surface area contributed by atoms with Gasteiger partial charge in [-0.15, -0.1) is 54.1 Å². The molecule has 7 heteroatoms. The van der Waals surface area contributed by atoms with Crippen LogP contribution < -0.4 is 5.19 Å². The number of fused-ring (bicyclic) bond motifs is 6. The zero-order chi connectivity index (χ0) is 33.5. The first-order valence-electron chi connectivity index (χ1n) is 16.4. The number of para-hydroxylation sites is 1. The normalized spacial score (nSPS) is 11.4. The van der Waals surface area contributed by atoms with E-state index in [1.165, 1.54) is 5.19 Å². The number of pyridine rings is 2. The number of aryl methyl sites for hydroxylation is 1. The Morgan fingerprint density at radius 2 is 1.46 bits per heavy atom. The van der Waals surface area contributed by atoms with Crippen LogP contribution in [0.15, 0.2) is 138 Å². The smallest absolute Gasteiger partial charge is 0.155 e. The van der Waals surface area contributed by atoms with E-state index in [4.69, 9.17) is 9.40 Å². The van der Waals surface area contributed by atoms with E-state index in [2.05, 4.69) is 108 Å². The molecule has 0 N–H and O–H groups in total. The predicted molar refractivity (Wildman–Crippen MR) is 204 cm³/mol. The summed E-state index contributed by atoms with van der Waals surface area (Å²) in [6.07, 6.45) is 3.85. The van der Waals surface area contributed by atoms with Crippen molar-refractivity contribution >= 4 is 57.1 Å². The SMILES string of the molecule is C[Si](C)(C)c1ccc(-c2[c-]cccc2)nc1.Cc1ccnc2c1nc(-c1[c-]ccc3c1oc1c4ccccc4ccc31)n2-c1ccccc1.[Ir]. The number of rotatable bonds is 4. The van der Waals surface area contributed by atoms with Crippen LogP contribution >= 0.6 is 0 Å². The van der Waals surface area contributed by atoms with Gasteiger partial charge in [0, 0.05) is 49.0 Å². The largest absolute Gasteiger partial charge is 0.500 e. The summed E-state index contributed by atoms with van der Waals surface area (Å²) < 4.78 is 8.66. The first kappa shape index (κ1) is 33.3. The zero-order valence-corrected chi connectivity index (χ0v) is 31.6. The van der Waals surface area contributed by atoms with Gasteiger partial charge in [0.2, 0.25) is 0 Å². The van der Waals surface area contributed by atoms with Crippen molar-refractivity contribution in [2.24, 2.45) is 0 Å². The summed E-state index contributed by atoms with van der Waals surface area (Å²) in [5.41, 5.74) is 8.35. The molecule has 0 aliphatic rings. The molecular weight excluding hydrogens is 809 g/mol. The summed E-state index contributed by atoms with van der Waals surface area (Å²) >= 11 is 0. The van der Waals surface area contributed by atoms with Gasteiger partial charge in [0.15, 0.2) is 5.65 Å². The van der Waals surface area contributed by atoms with E-state index in [0.717, 1.165) is 77.8 Å². The third-order valence-corrected chi connectivity index (χ3v) is 11.0. The Kier molecular flexibility index (Phi) is 9.06. The van der Waals surface area contributed by atoms with Gasteiger partial charge in [0.05, 0.1) is 25.0 Å². The second kappa shape index (κ2) is 13.6. The minimum absolute atomic E-state index is 0. The van der Waals surface area contributed by atoms with Gasteiger partial charge in [-0.1, -0.05) is 97.3 Å². The molecule has 0 unspecified atom stereocenters. The van der Waals surface area contributed by atoms with E-state index in [1.54, 1.807) is 0 Å². The van der Waals surface area contributed by atoms with Crippen molar-refractivity contribution in [3.63, 3.8) is 0 Å². The number of hydrogen-bond acceptors (Lipinski definition) is 4. The summed E-state index contributed by atoms with van der Waals surface area (Å²) in [4.78, 5) is 14.3. The van der Waals surface area contributed by atoms with E-state index < -0.39 is 8.07 Å². The molecule has 0 amide bonds. The van der Waals surface area contributed by atoms with Gasteiger partial charge in [0.25, 0.3) is 0 Å². The number of furan rings is 1. The minimum atomic E-state index is -1.23. The second-order valence-electron chi connectivity index (χ2n) is 13.2. The molecule has 5 nitrogen and oxygen atoms in total. The Hall–Kier alpha value is -5.20. The Morgan fingerprint density at radius 1 is 0.680 bits per heavy atom. The van der Waals surface area contributed by atoms with Crippen LogP contribution in [0.25, 0.3) is 72.2 Å². The Labute approximate surface area is 306 Å². The molecule has 4 heterocycles. The Morgan fingerprint density at radius 3 is 2.22 bits per heavy atom. The molecule has 0 atom stereocenters. The second-order valence-corrected chi connectivity index (χ2v) is 18.3. The van der Waals surface area contributed by atoms with Crippen molar-refractivity contribution in [3.05, 3.63) is 151 Å². The Bertz CT molecular complexity index is 2590. The van der Waals surface area contributed by atoms with Crippen molar-refractivity contribution in [3.8, 4) is 28.3 Å². The molecule has 0 spiro atoms. The molecule has 9 rings (SSSR count). The van der Waals surface area contributed by atoms with Crippen LogP contribution in [0.2, 0.25) is 19.6 Å². The van der Waals surface area contributed by atoms with Crippen LogP contribution in [-0.2, 0) is 20.1 Å². The quantitative estimate of drug-likeness (QED) is 0.131. The van der Waals surface area contributed by atoms with E-state index in [0.29, 0.717) is 0 Å². The van der Waals surface area contributed by atoms with E-state index in [9.17, 15) is 0 Å². The van der Waals surface area contributed by atoms with Crippen LogP contribution in [0.4, 0.5) is 0 Å². The van der Waals surface area contributed by atoms with Gasteiger partial charge in [-0.05, 0) is 47.0 Å². The fraction of sp³-hybridized carbons (Fsp3) is 0.0930. The topological polar surface area (TPSA) is 56.7 Å². The molecule has 247 valence electrons. The number of nitrogens with zero attached hydrogens (tertiary/aromatic N) is 4. The van der Waals surface area contributed by atoms with Crippen molar-refractivity contribution < 1.29 is 24.5 Å². The molecular formula is C43H34IrN4OSi-2. The molecule has 9 aromatic rings. The van der Waals surface area contributed by atoms with Crippen LogP contribution in [0.3, 0.4) is 0 Å². The van der Waals surface area contributed by atoms with E-state index in [1.807, 2.05) is 79.1 Å². The molecule has 5 aromatic carbocycles. The summed E-state index contributed by atoms with van der Waals surface area (Å²) in [5.74, 6) is 0.770. The van der Waals surface area contributed by atoms with Crippen LogP contribution in [0.5, 0.6) is 0 Å². The van der Waals surface area contributed by atoms with E-state index >= 15 is 0 Å². The summed E-state index contributed by atoms with van der Waals surface area (Å²) in [5, 5.41) is 5.81. The van der Waals surface area contributed by atoms with Crippen LogP contribution in [0.1, 0.15) is 5.56 Å². The number of aromatic nitrogens is 4. The average Bonchev–Trinajstić information content (AvgIpc) is 3.73. The van der Waals surface area contributed by atoms with E-state index in [-0.39, 0.29) is 20.1 Å². The zero-order valence-electron chi connectivity index (χ0n) is 28.2. The summed E-state index contributed by atoms with van der Waals surface area (Å²) in [7, 11) is -1.23. The maximum atomic E-state index is 6.56. The number of imidazole rings is 1. The fourth-order valence-corrected chi connectivity index (χ4v) is 7.30. The molecule has 0 aliphatic heterocycles. The monoisotopic (exact) mass is 843 g/mol. The summed E-state index contributed by atoms with van der Waals surface area (Å²) in [6, 6.07) is 47.7. The molecule has 0 saturated heterocycles. The molecule has 0 fully saturated rings. The molecule has 4 aromatic heterocycles. The van der Waals surface area contributed by atoms with Gasteiger partial charge in [0.1, 0.15) is 5.58 Å². The third kappa shape index (κ3) is 6.09. The van der Waals surface area contributed by atoms with Gasteiger partial charge < -0.3 is 14.0 Å². The average molecular weight is 843 g/mol.